The van der Waals surface area contributed by atoms with Gasteiger partial charge in [-0.05, 0) is 24.6 Å². The Morgan fingerprint density at radius 3 is 2.89 bits per heavy atom. The summed E-state index contributed by atoms with van der Waals surface area (Å²) in [6.07, 6.45) is 1.58. The van der Waals surface area contributed by atoms with Crippen molar-refractivity contribution >= 4 is 22.7 Å². The number of nitrogens with zero attached hydrogens (tertiary/aromatic N) is 2. The maximum Gasteiger partial charge on any atom is 0.335 e. The molecule has 0 saturated heterocycles. The molecule has 0 radical (unpaired) electrons. The Hall–Kier alpha value is -2.21. The van der Waals surface area contributed by atoms with E-state index in [1.165, 1.54) is 18.5 Å². The van der Waals surface area contributed by atoms with Gasteiger partial charge in [0, 0.05) is 11.9 Å². The highest BCUT2D eigenvalue weighted by molar-refractivity contribution is 5.96. The molecule has 19 heavy (non-hydrogen) atoms. The van der Waals surface area contributed by atoms with E-state index in [1.807, 2.05) is 6.92 Å². The summed E-state index contributed by atoms with van der Waals surface area (Å²) in [6.45, 7) is 2.28. The lowest BCUT2D eigenvalue weighted by molar-refractivity contribution is 0.0697. The molecule has 0 fully saturated rings. The lowest BCUT2D eigenvalue weighted by atomic mass is 10.1. The largest absolute Gasteiger partial charge is 0.478 e. The topological polar surface area (TPSA) is 95.3 Å². The summed E-state index contributed by atoms with van der Waals surface area (Å²) in [4.78, 5) is 19.1. The maximum absolute atomic E-state index is 10.9. The van der Waals surface area contributed by atoms with Crippen molar-refractivity contribution in [2.24, 2.45) is 0 Å². The van der Waals surface area contributed by atoms with E-state index in [9.17, 15) is 9.90 Å². The van der Waals surface area contributed by atoms with Crippen molar-refractivity contribution in [3.8, 4) is 0 Å². The van der Waals surface area contributed by atoms with Crippen LogP contribution in [0.15, 0.2) is 24.5 Å². The van der Waals surface area contributed by atoms with Crippen molar-refractivity contribution in [3.05, 3.63) is 30.1 Å². The number of carbonyl (C=O) groups is 1. The zero-order valence-electron chi connectivity index (χ0n) is 10.5. The molecule has 2 aromatic rings. The van der Waals surface area contributed by atoms with Crippen molar-refractivity contribution in [2.75, 3.05) is 11.9 Å². The first-order valence-electron chi connectivity index (χ1n) is 6.01. The Kier molecular flexibility index (Phi) is 3.91. The molecule has 0 amide bonds. The minimum atomic E-state index is -0.989. The lowest BCUT2D eigenvalue weighted by Gasteiger charge is -2.11. The van der Waals surface area contributed by atoms with Crippen LogP contribution in [-0.2, 0) is 0 Å². The molecule has 3 N–H and O–H groups in total. The van der Waals surface area contributed by atoms with E-state index in [0.29, 0.717) is 24.3 Å². The van der Waals surface area contributed by atoms with Gasteiger partial charge in [0.15, 0.2) is 0 Å². The monoisotopic (exact) mass is 261 g/mol. The first-order chi connectivity index (χ1) is 9.11. The van der Waals surface area contributed by atoms with Crippen molar-refractivity contribution in [1.29, 1.82) is 0 Å². The summed E-state index contributed by atoms with van der Waals surface area (Å²) >= 11 is 0. The molecule has 1 unspecified atom stereocenters. The van der Waals surface area contributed by atoms with Gasteiger partial charge in [-0.15, -0.1) is 0 Å². The van der Waals surface area contributed by atoms with Gasteiger partial charge in [-0.2, -0.15) is 0 Å². The smallest absolute Gasteiger partial charge is 0.335 e. The third-order valence-corrected chi connectivity index (χ3v) is 2.86. The van der Waals surface area contributed by atoms with Gasteiger partial charge in [0.25, 0.3) is 0 Å². The van der Waals surface area contributed by atoms with Crippen LogP contribution in [0, 0.1) is 0 Å². The molecule has 100 valence electrons. The first-order valence-corrected chi connectivity index (χ1v) is 6.01. The Morgan fingerprint density at radius 2 is 2.21 bits per heavy atom. The van der Waals surface area contributed by atoms with E-state index in [0.717, 1.165) is 5.39 Å². The molecule has 0 saturated carbocycles. The quantitative estimate of drug-likeness (QED) is 0.755. The van der Waals surface area contributed by atoms with Crippen molar-refractivity contribution < 1.29 is 15.0 Å². The summed E-state index contributed by atoms with van der Waals surface area (Å²) in [5, 5.41) is 22.2. The normalized spacial score (nSPS) is 12.3. The molecule has 1 aromatic heterocycles. The van der Waals surface area contributed by atoms with Crippen LogP contribution in [-0.4, -0.2) is 38.8 Å². The number of rotatable bonds is 5. The van der Waals surface area contributed by atoms with Gasteiger partial charge in [-0.1, -0.05) is 6.92 Å². The van der Waals surface area contributed by atoms with Gasteiger partial charge < -0.3 is 15.5 Å². The van der Waals surface area contributed by atoms with E-state index in [-0.39, 0.29) is 5.56 Å². The minimum absolute atomic E-state index is 0.186. The average molecular weight is 261 g/mol. The zero-order chi connectivity index (χ0) is 13.8. The number of carboxylic acid groups (broad SMARTS) is 1. The van der Waals surface area contributed by atoms with Crippen LogP contribution in [0.4, 0.5) is 5.82 Å². The average Bonchev–Trinajstić information content (AvgIpc) is 2.43. The van der Waals surface area contributed by atoms with Gasteiger partial charge in [-0.25, -0.2) is 14.8 Å². The molecule has 0 spiro atoms. The van der Waals surface area contributed by atoms with Gasteiger partial charge in [-0.3, -0.25) is 0 Å². The predicted octanol–water partition coefficient (Wildman–Crippen LogP) is 1.51. The number of benzene rings is 1. The number of fused-ring (bicyclic) bond motifs is 1. The van der Waals surface area contributed by atoms with Crippen LogP contribution < -0.4 is 5.32 Å². The highest BCUT2D eigenvalue weighted by Crippen LogP contribution is 2.20. The highest BCUT2D eigenvalue weighted by atomic mass is 16.4. The highest BCUT2D eigenvalue weighted by Gasteiger charge is 2.09. The van der Waals surface area contributed by atoms with Crippen LogP contribution in [0.5, 0.6) is 0 Å². The van der Waals surface area contributed by atoms with Crippen LogP contribution in [0.25, 0.3) is 10.9 Å². The fraction of sp³-hybridized carbons (Fsp3) is 0.308. The van der Waals surface area contributed by atoms with Gasteiger partial charge in [0.1, 0.15) is 12.1 Å². The first kappa shape index (κ1) is 13.2. The number of aliphatic hydroxyl groups is 1. The molecule has 2 rings (SSSR count). The predicted molar refractivity (Wildman–Crippen MR) is 71.3 cm³/mol. The standard InChI is InChI=1S/C13H15N3O3/c1-2-9(17)6-14-12-10-4-3-8(13(18)19)5-11(10)15-7-16-12/h3-5,7,9,17H,2,6H2,1H3,(H,18,19)(H,14,15,16). The fourth-order valence-corrected chi connectivity index (χ4v) is 1.69. The SMILES string of the molecule is CCC(O)CNc1ncnc2cc(C(=O)O)ccc12. The number of aliphatic hydroxyl groups excluding tert-OH is 1. The number of nitrogens with one attached hydrogen (secondary N) is 1. The second kappa shape index (κ2) is 5.62. The van der Waals surface area contributed by atoms with Crippen molar-refractivity contribution in [2.45, 2.75) is 19.4 Å². The van der Waals surface area contributed by atoms with Crippen molar-refractivity contribution in [3.63, 3.8) is 0 Å². The third-order valence-electron chi connectivity index (χ3n) is 2.86. The number of aromatic nitrogens is 2. The summed E-state index contributed by atoms with van der Waals surface area (Å²) in [7, 11) is 0. The zero-order valence-corrected chi connectivity index (χ0v) is 10.5. The lowest BCUT2D eigenvalue weighted by Crippen LogP contribution is -2.19. The summed E-state index contributed by atoms with van der Waals surface area (Å²) < 4.78 is 0. The third kappa shape index (κ3) is 2.97. The molecular formula is C13H15N3O3. The molecule has 0 bridgehead atoms. The van der Waals surface area contributed by atoms with Crippen LogP contribution >= 0.6 is 0 Å². The number of aromatic carboxylic acids is 1. The summed E-state index contributed by atoms with van der Waals surface area (Å²) in [5.41, 5.74) is 0.745. The number of hydrogen-bond acceptors (Lipinski definition) is 5. The molecule has 1 heterocycles. The second-order valence-corrected chi connectivity index (χ2v) is 4.20. The van der Waals surface area contributed by atoms with Crippen LogP contribution in [0.1, 0.15) is 23.7 Å². The number of hydrogen-bond donors (Lipinski definition) is 3. The molecule has 0 aliphatic carbocycles. The maximum atomic E-state index is 10.9. The summed E-state index contributed by atoms with van der Waals surface area (Å²) in [6, 6.07) is 4.68. The van der Waals surface area contributed by atoms with E-state index in [2.05, 4.69) is 15.3 Å². The molecule has 1 atom stereocenters. The number of anilines is 1. The van der Waals surface area contributed by atoms with Crippen LogP contribution in [0.3, 0.4) is 0 Å². The Bertz CT molecular complexity index is 601. The van der Waals surface area contributed by atoms with E-state index >= 15 is 0 Å². The fourth-order valence-electron chi connectivity index (χ4n) is 1.69. The Balaban J connectivity index is 2.32. The van der Waals surface area contributed by atoms with E-state index in [4.69, 9.17) is 5.11 Å². The van der Waals surface area contributed by atoms with Crippen LogP contribution in [0.2, 0.25) is 0 Å². The minimum Gasteiger partial charge on any atom is -0.478 e. The second-order valence-electron chi connectivity index (χ2n) is 4.20. The van der Waals surface area contributed by atoms with Gasteiger partial charge in [0.2, 0.25) is 0 Å². The van der Waals surface area contributed by atoms with E-state index < -0.39 is 12.1 Å². The molecule has 0 aliphatic rings. The molecule has 6 heteroatoms. The van der Waals surface area contributed by atoms with Crippen molar-refractivity contribution in [1.82, 2.24) is 9.97 Å². The molecule has 1 aromatic carbocycles. The Morgan fingerprint density at radius 1 is 1.42 bits per heavy atom. The number of carboxylic acids is 1. The molecular weight excluding hydrogens is 246 g/mol. The van der Waals surface area contributed by atoms with Gasteiger partial charge in [0.05, 0.1) is 17.2 Å². The molecule has 0 aliphatic heterocycles. The summed E-state index contributed by atoms with van der Waals surface area (Å²) in [5.74, 6) is -0.397. The van der Waals surface area contributed by atoms with E-state index in [1.54, 1.807) is 6.07 Å². The molecule has 6 nitrogen and oxygen atoms in total. The van der Waals surface area contributed by atoms with Gasteiger partial charge >= 0.3 is 5.97 Å². The Labute approximate surface area is 110 Å².